The van der Waals surface area contributed by atoms with Crippen molar-refractivity contribution in [2.75, 3.05) is 20.7 Å². The topological polar surface area (TPSA) is 12.5 Å². The van der Waals surface area contributed by atoms with Crippen molar-refractivity contribution < 1.29 is 4.74 Å². The first kappa shape index (κ1) is 10.0. The van der Waals surface area contributed by atoms with Crippen molar-refractivity contribution >= 4 is 0 Å². The Morgan fingerprint density at radius 3 is 2.25 bits per heavy atom. The first-order valence-electron chi connectivity index (χ1n) is 5.01. The molecule has 0 atom stereocenters. The van der Waals surface area contributed by atoms with Crippen molar-refractivity contribution in [1.82, 2.24) is 4.90 Å². The molecule has 0 bridgehead atoms. The molecule has 0 heterocycles. The molecule has 72 valence electrons. The molecule has 12 heavy (non-hydrogen) atoms. The molecule has 0 N–H and O–H groups in total. The van der Waals surface area contributed by atoms with Gasteiger partial charge in [0.05, 0.1) is 6.10 Å². The Morgan fingerprint density at radius 1 is 1.25 bits per heavy atom. The Balaban J connectivity index is 2.25. The lowest BCUT2D eigenvalue weighted by molar-refractivity contribution is 0.0452. The molecule has 1 aliphatic rings. The van der Waals surface area contributed by atoms with Crippen LogP contribution >= 0.6 is 0 Å². The van der Waals surface area contributed by atoms with Gasteiger partial charge in [-0.05, 0) is 39.3 Å². The van der Waals surface area contributed by atoms with Crippen molar-refractivity contribution in [3.8, 4) is 0 Å². The second-order valence-electron chi connectivity index (χ2n) is 3.74. The number of hydrogen-bond donors (Lipinski definition) is 0. The minimum atomic E-state index is 0.534. The molecule has 1 fully saturated rings. The van der Waals surface area contributed by atoms with E-state index in [9.17, 15) is 0 Å². The largest absolute Gasteiger partial charge is 0.381 e. The predicted octanol–water partition coefficient (Wildman–Crippen LogP) is 1.90. The zero-order valence-corrected chi connectivity index (χ0v) is 8.55. The molecule has 0 aromatic rings. The van der Waals surface area contributed by atoms with Crippen LogP contribution in [-0.2, 0) is 4.74 Å². The molecule has 0 saturated heterocycles. The second-order valence-corrected chi connectivity index (χ2v) is 3.74. The van der Waals surface area contributed by atoms with Gasteiger partial charge in [-0.25, -0.2) is 0 Å². The summed E-state index contributed by atoms with van der Waals surface area (Å²) in [5, 5.41) is 0. The third-order valence-electron chi connectivity index (χ3n) is 3.10. The smallest absolute Gasteiger partial charge is 0.0572 e. The number of nitrogens with zero attached hydrogens (tertiary/aromatic N) is 1. The zero-order valence-electron chi connectivity index (χ0n) is 8.55. The zero-order chi connectivity index (χ0) is 8.97. The van der Waals surface area contributed by atoms with E-state index in [2.05, 4.69) is 18.9 Å². The quantitative estimate of drug-likeness (QED) is 0.643. The van der Waals surface area contributed by atoms with E-state index < -0.39 is 0 Å². The van der Waals surface area contributed by atoms with E-state index in [1.165, 1.54) is 32.2 Å². The molecule has 1 aliphatic carbocycles. The summed E-state index contributed by atoms with van der Waals surface area (Å²) in [6.45, 7) is 3.39. The van der Waals surface area contributed by atoms with E-state index in [-0.39, 0.29) is 0 Å². The SMILES string of the molecule is CCN(C)[C@H]1CC[C@@H](OC)CC1. The molecule has 2 nitrogen and oxygen atoms in total. The van der Waals surface area contributed by atoms with Gasteiger partial charge in [-0.3, -0.25) is 0 Å². The van der Waals surface area contributed by atoms with Gasteiger partial charge in [0, 0.05) is 13.2 Å². The lowest BCUT2D eigenvalue weighted by atomic mass is 9.92. The number of rotatable bonds is 3. The Kier molecular flexibility index (Phi) is 4.02. The van der Waals surface area contributed by atoms with Gasteiger partial charge in [-0.2, -0.15) is 0 Å². The number of ether oxygens (including phenoxy) is 1. The van der Waals surface area contributed by atoms with E-state index in [0.29, 0.717) is 6.10 Å². The van der Waals surface area contributed by atoms with Crippen molar-refractivity contribution in [3.05, 3.63) is 0 Å². The highest BCUT2D eigenvalue weighted by Gasteiger charge is 2.22. The summed E-state index contributed by atoms with van der Waals surface area (Å²) in [6.07, 6.45) is 5.63. The lowest BCUT2D eigenvalue weighted by Crippen LogP contribution is -2.36. The Morgan fingerprint density at radius 2 is 1.83 bits per heavy atom. The third-order valence-corrected chi connectivity index (χ3v) is 3.10. The van der Waals surface area contributed by atoms with Crippen molar-refractivity contribution in [2.24, 2.45) is 0 Å². The van der Waals surface area contributed by atoms with Crippen LogP contribution in [0.2, 0.25) is 0 Å². The fourth-order valence-electron chi connectivity index (χ4n) is 1.98. The first-order valence-corrected chi connectivity index (χ1v) is 5.01. The van der Waals surface area contributed by atoms with E-state index in [1.807, 2.05) is 7.11 Å². The minimum Gasteiger partial charge on any atom is -0.381 e. The van der Waals surface area contributed by atoms with Gasteiger partial charge in [-0.1, -0.05) is 6.92 Å². The predicted molar refractivity (Wildman–Crippen MR) is 51.4 cm³/mol. The van der Waals surface area contributed by atoms with Crippen LogP contribution in [0.4, 0.5) is 0 Å². The summed E-state index contributed by atoms with van der Waals surface area (Å²) in [6, 6.07) is 0.807. The van der Waals surface area contributed by atoms with E-state index in [4.69, 9.17) is 4.74 Å². The van der Waals surface area contributed by atoms with Crippen LogP contribution in [0.25, 0.3) is 0 Å². The summed E-state index contributed by atoms with van der Waals surface area (Å²) in [4.78, 5) is 2.45. The maximum atomic E-state index is 5.33. The Labute approximate surface area is 75.9 Å². The summed E-state index contributed by atoms with van der Waals surface area (Å²) < 4.78 is 5.33. The van der Waals surface area contributed by atoms with E-state index in [1.54, 1.807) is 0 Å². The molecular weight excluding hydrogens is 150 g/mol. The first-order chi connectivity index (χ1) is 5.77. The average Bonchev–Trinajstić information content (AvgIpc) is 2.17. The second kappa shape index (κ2) is 4.83. The van der Waals surface area contributed by atoms with Crippen LogP contribution in [0, 0.1) is 0 Å². The highest BCUT2D eigenvalue weighted by molar-refractivity contribution is 4.77. The molecule has 1 rings (SSSR count). The third kappa shape index (κ3) is 2.46. The van der Waals surface area contributed by atoms with Crippen molar-refractivity contribution in [3.63, 3.8) is 0 Å². The van der Waals surface area contributed by atoms with Crippen LogP contribution in [0.1, 0.15) is 32.6 Å². The fraction of sp³-hybridized carbons (Fsp3) is 1.00. The molecule has 0 amide bonds. The molecule has 0 aromatic heterocycles. The molecule has 0 spiro atoms. The highest BCUT2D eigenvalue weighted by Crippen LogP contribution is 2.23. The maximum absolute atomic E-state index is 5.33. The van der Waals surface area contributed by atoms with Crippen LogP contribution in [0.3, 0.4) is 0 Å². The highest BCUT2D eigenvalue weighted by atomic mass is 16.5. The van der Waals surface area contributed by atoms with Crippen LogP contribution in [0.15, 0.2) is 0 Å². The van der Waals surface area contributed by atoms with Crippen molar-refractivity contribution in [2.45, 2.75) is 44.8 Å². The van der Waals surface area contributed by atoms with Crippen LogP contribution in [-0.4, -0.2) is 37.7 Å². The molecule has 0 radical (unpaired) electrons. The van der Waals surface area contributed by atoms with E-state index >= 15 is 0 Å². The standard InChI is InChI=1S/C10H21NO/c1-4-11(2)9-5-7-10(12-3)8-6-9/h9-10H,4-8H2,1-3H3/t9-,10+. The van der Waals surface area contributed by atoms with Crippen LogP contribution in [0.5, 0.6) is 0 Å². The normalized spacial score (nSPS) is 31.0. The molecule has 0 aromatic carbocycles. The van der Waals surface area contributed by atoms with Gasteiger partial charge in [0.2, 0.25) is 0 Å². The molecule has 0 unspecified atom stereocenters. The van der Waals surface area contributed by atoms with Gasteiger partial charge in [0.1, 0.15) is 0 Å². The summed E-state index contributed by atoms with van der Waals surface area (Å²) in [5.41, 5.74) is 0. The minimum absolute atomic E-state index is 0.534. The summed E-state index contributed by atoms with van der Waals surface area (Å²) >= 11 is 0. The molecule has 0 aliphatic heterocycles. The summed E-state index contributed by atoms with van der Waals surface area (Å²) in [5.74, 6) is 0. The number of hydrogen-bond acceptors (Lipinski definition) is 2. The average molecular weight is 171 g/mol. The fourth-order valence-corrected chi connectivity index (χ4v) is 1.98. The van der Waals surface area contributed by atoms with Crippen LogP contribution < -0.4 is 0 Å². The molecule has 2 heteroatoms. The molecule has 1 saturated carbocycles. The Bertz CT molecular complexity index is 119. The van der Waals surface area contributed by atoms with Crippen molar-refractivity contribution in [1.29, 1.82) is 0 Å². The van der Waals surface area contributed by atoms with Gasteiger partial charge in [0.25, 0.3) is 0 Å². The summed E-state index contributed by atoms with van der Waals surface area (Å²) in [7, 11) is 4.05. The lowest BCUT2D eigenvalue weighted by Gasteiger charge is -2.33. The van der Waals surface area contributed by atoms with Gasteiger partial charge in [0.15, 0.2) is 0 Å². The molecular formula is C10H21NO. The van der Waals surface area contributed by atoms with Gasteiger partial charge < -0.3 is 9.64 Å². The maximum Gasteiger partial charge on any atom is 0.0572 e. The Hall–Kier alpha value is -0.0800. The monoisotopic (exact) mass is 171 g/mol. The van der Waals surface area contributed by atoms with Gasteiger partial charge >= 0.3 is 0 Å². The number of methoxy groups -OCH3 is 1. The van der Waals surface area contributed by atoms with E-state index in [0.717, 1.165) is 6.04 Å². The van der Waals surface area contributed by atoms with Gasteiger partial charge in [-0.15, -0.1) is 0 Å².